The Morgan fingerprint density at radius 2 is 1.83 bits per heavy atom. The molecule has 0 radical (unpaired) electrons. The SMILES string of the molecule is C[C@@H](CNC(=O)CC(CN1C(=O)CC(SC[C@H](N)C(=O)O)C1=O)S(=O)(=O)O)NC(=O)N(C[C@@H]1CNC[C@@H]1F)[C@@H](c1nc(-c2cc(F)ccc2F)cn1Cc1ccccc1)C1CCOCC1. The standard InChI is InChI=1S/C42H53F3N8O10S2/c1-24(16-48-36(54)14-29(65(60,61)62)21-52-37(55)15-35(40(52)56)64-23-33(46)41(57)58)49-42(59)53(20-27-17-47-18-32(27)45)38(26-9-11-63-12-10-26)39-50-34(30-13-28(43)7-8-31(30)44)22-51(39)19-25-5-3-2-4-6-25/h2-8,13,22,24,26-27,29,32-33,35,38,47H,9-12,14-21,23,46H2,1H3,(H,48,54)(H,49,59)(H,57,58)(H,60,61,62)/t24-,27-,29?,32-,33-,35?,38+/m0/s1. The highest BCUT2D eigenvalue weighted by Crippen LogP contribution is 2.38. The molecule has 2 aromatic carbocycles. The van der Waals surface area contributed by atoms with Gasteiger partial charge in [-0.2, -0.15) is 8.42 Å². The number of imidazole rings is 1. The Morgan fingerprint density at radius 1 is 1.11 bits per heavy atom. The fraction of sp³-hybridized carbons (Fsp3) is 0.524. The van der Waals surface area contributed by atoms with Crippen LogP contribution >= 0.6 is 11.8 Å². The molecule has 7 N–H and O–H groups in total. The minimum Gasteiger partial charge on any atom is -0.480 e. The van der Waals surface area contributed by atoms with Crippen molar-refractivity contribution in [1.29, 1.82) is 0 Å². The molecule has 2 unspecified atom stereocenters. The number of rotatable bonds is 20. The number of alkyl halides is 1. The lowest BCUT2D eigenvalue weighted by Gasteiger charge is -2.40. The van der Waals surface area contributed by atoms with Crippen molar-refractivity contribution in [3.63, 3.8) is 0 Å². The zero-order valence-electron chi connectivity index (χ0n) is 35.5. The van der Waals surface area contributed by atoms with E-state index >= 15 is 8.78 Å². The Morgan fingerprint density at radius 3 is 2.49 bits per heavy atom. The van der Waals surface area contributed by atoms with Crippen LogP contribution in [-0.2, 0) is 40.6 Å². The number of nitrogens with two attached hydrogens (primary N) is 1. The molecule has 18 nitrogen and oxygen atoms in total. The van der Waals surface area contributed by atoms with Crippen molar-refractivity contribution in [1.82, 2.24) is 35.3 Å². The van der Waals surface area contributed by atoms with E-state index in [1.54, 1.807) is 17.7 Å². The summed E-state index contributed by atoms with van der Waals surface area (Å²) in [6.07, 6.45) is 0.00836. The van der Waals surface area contributed by atoms with Gasteiger partial charge in [0.15, 0.2) is 0 Å². The van der Waals surface area contributed by atoms with Gasteiger partial charge in [-0.05, 0) is 49.4 Å². The van der Waals surface area contributed by atoms with Crippen LogP contribution in [0.15, 0.2) is 54.7 Å². The fourth-order valence-corrected chi connectivity index (χ4v) is 9.92. The first-order valence-electron chi connectivity index (χ1n) is 21.1. The van der Waals surface area contributed by atoms with Gasteiger partial charge in [-0.15, -0.1) is 11.8 Å². The first kappa shape index (κ1) is 49.4. The molecule has 6 rings (SSSR count). The Hall–Kier alpha value is -5.07. The average Bonchev–Trinajstić information content (AvgIpc) is 3.95. The highest BCUT2D eigenvalue weighted by molar-refractivity contribution is 8.00. The first-order valence-corrected chi connectivity index (χ1v) is 23.7. The lowest BCUT2D eigenvalue weighted by atomic mass is 9.89. The maximum absolute atomic E-state index is 15.4. The molecule has 3 aliphatic rings. The highest BCUT2D eigenvalue weighted by Gasteiger charge is 2.43. The van der Waals surface area contributed by atoms with Gasteiger partial charge in [-0.25, -0.2) is 22.9 Å². The average molecular weight is 951 g/mol. The molecule has 3 aliphatic heterocycles. The molecule has 5 amide bonds. The number of likely N-dealkylation sites (tertiary alicyclic amines) is 1. The van der Waals surface area contributed by atoms with Crippen molar-refractivity contribution in [3.8, 4) is 11.3 Å². The van der Waals surface area contributed by atoms with Crippen LogP contribution in [0.3, 0.4) is 0 Å². The number of hydrogen-bond donors (Lipinski definition) is 6. The zero-order valence-corrected chi connectivity index (χ0v) is 37.1. The molecule has 0 aliphatic carbocycles. The van der Waals surface area contributed by atoms with Crippen LogP contribution in [0.1, 0.15) is 50.0 Å². The number of aliphatic carboxylic acids is 1. The van der Waals surface area contributed by atoms with Crippen LogP contribution in [0.25, 0.3) is 11.3 Å². The number of carbonyl (C=O) groups excluding carboxylic acids is 4. The van der Waals surface area contributed by atoms with Crippen molar-refractivity contribution in [2.45, 2.75) is 73.9 Å². The Labute approximate surface area is 377 Å². The summed E-state index contributed by atoms with van der Waals surface area (Å²) in [6, 6.07) is 8.70. The second kappa shape index (κ2) is 21.9. The number of imide groups is 1. The predicted octanol–water partition coefficient (Wildman–Crippen LogP) is 2.34. The molecule has 65 heavy (non-hydrogen) atoms. The van der Waals surface area contributed by atoms with Gasteiger partial charge in [0.1, 0.15) is 34.9 Å². The predicted molar refractivity (Wildman–Crippen MR) is 232 cm³/mol. The lowest BCUT2D eigenvalue weighted by Crippen LogP contribution is -2.53. The van der Waals surface area contributed by atoms with Crippen molar-refractivity contribution in [3.05, 3.63) is 77.8 Å². The van der Waals surface area contributed by atoms with E-state index < -0.39 is 105 Å². The third kappa shape index (κ3) is 12.8. The number of carboxylic acid groups (broad SMARTS) is 1. The number of benzene rings is 2. The minimum atomic E-state index is -5.00. The van der Waals surface area contributed by atoms with Gasteiger partial charge in [-0.3, -0.25) is 28.6 Å². The molecule has 7 atom stereocenters. The molecule has 0 spiro atoms. The maximum Gasteiger partial charge on any atom is 0.321 e. The summed E-state index contributed by atoms with van der Waals surface area (Å²) in [5.74, 6) is -6.00. The summed E-state index contributed by atoms with van der Waals surface area (Å²) in [5.41, 5.74) is 6.37. The summed E-state index contributed by atoms with van der Waals surface area (Å²) in [4.78, 5) is 71.6. The molecule has 23 heteroatoms. The third-order valence-corrected chi connectivity index (χ3v) is 14.1. The normalized spacial score (nSPS) is 21.2. The van der Waals surface area contributed by atoms with Crippen molar-refractivity contribution in [2.75, 3.05) is 51.7 Å². The molecule has 354 valence electrons. The van der Waals surface area contributed by atoms with Gasteiger partial charge in [-0.1, -0.05) is 30.3 Å². The number of nitrogens with one attached hydrogen (secondary N) is 3. The van der Waals surface area contributed by atoms with Crippen LogP contribution in [0, 0.1) is 23.5 Å². The number of ether oxygens (including phenoxy) is 1. The Bertz CT molecular complexity index is 2310. The zero-order chi connectivity index (χ0) is 47.0. The summed E-state index contributed by atoms with van der Waals surface area (Å²) in [6.45, 7) is 1.65. The second-order valence-corrected chi connectivity index (χ2v) is 19.4. The summed E-state index contributed by atoms with van der Waals surface area (Å²) in [5, 5.41) is 14.5. The molecular weight excluding hydrogens is 898 g/mol. The number of thioether (sulfide) groups is 1. The van der Waals surface area contributed by atoms with Crippen LogP contribution in [0.4, 0.5) is 18.0 Å². The number of carboxylic acids is 1. The highest BCUT2D eigenvalue weighted by atomic mass is 32.2. The van der Waals surface area contributed by atoms with E-state index in [1.807, 2.05) is 30.3 Å². The molecule has 0 saturated carbocycles. The summed E-state index contributed by atoms with van der Waals surface area (Å²) >= 11 is 0.816. The van der Waals surface area contributed by atoms with Gasteiger partial charge < -0.3 is 41.0 Å². The summed E-state index contributed by atoms with van der Waals surface area (Å²) < 4.78 is 87.6. The maximum atomic E-state index is 15.4. The summed E-state index contributed by atoms with van der Waals surface area (Å²) in [7, 11) is -5.00. The number of hydrogen-bond acceptors (Lipinski definition) is 12. The van der Waals surface area contributed by atoms with E-state index in [9.17, 15) is 41.3 Å². The third-order valence-electron chi connectivity index (χ3n) is 11.7. The van der Waals surface area contributed by atoms with Crippen molar-refractivity contribution in [2.24, 2.45) is 17.6 Å². The molecular formula is C42H53F3N8O10S2. The van der Waals surface area contributed by atoms with Gasteiger partial charge in [0.25, 0.3) is 10.1 Å². The monoisotopic (exact) mass is 950 g/mol. The Balaban J connectivity index is 1.22. The van der Waals surface area contributed by atoms with Crippen LogP contribution in [0.2, 0.25) is 0 Å². The van der Waals surface area contributed by atoms with Crippen LogP contribution in [-0.4, -0.2) is 148 Å². The fourth-order valence-electron chi connectivity index (χ4n) is 8.11. The quantitative estimate of drug-likeness (QED) is 0.0703. The Kier molecular flexibility index (Phi) is 16.7. The van der Waals surface area contributed by atoms with Gasteiger partial charge in [0.2, 0.25) is 17.7 Å². The van der Waals surface area contributed by atoms with E-state index in [4.69, 9.17) is 20.6 Å². The van der Waals surface area contributed by atoms with Crippen molar-refractivity contribution >= 4 is 51.6 Å². The first-order chi connectivity index (χ1) is 30.9. The van der Waals surface area contributed by atoms with E-state index in [0.717, 1.165) is 35.5 Å². The van der Waals surface area contributed by atoms with Gasteiger partial charge in [0.05, 0.1) is 17.0 Å². The van der Waals surface area contributed by atoms with Crippen LogP contribution in [0.5, 0.6) is 0 Å². The number of aromatic nitrogens is 2. The largest absolute Gasteiger partial charge is 0.480 e. The van der Waals surface area contributed by atoms with Crippen LogP contribution < -0.4 is 21.7 Å². The number of halogens is 3. The second-order valence-electron chi connectivity index (χ2n) is 16.5. The molecule has 3 fully saturated rings. The van der Waals surface area contributed by atoms with E-state index in [0.29, 0.717) is 36.8 Å². The number of amides is 5. The van der Waals surface area contributed by atoms with E-state index in [1.165, 1.54) is 4.90 Å². The topological polar surface area (TPSA) is 256 Å². The number of carbonyl (C=O) groups is 5. The molecule has 1 aromatic heterocycles. The molecule has 3 aromatic rings. The van der Waals surface area contributed by atoms with Gasteiger partial charge in [0, 0.05) is 94.8 Å². The molecule has 4 heterocycles. The van der Waals surface area contributed by atoms with Gasteiger partial charge >= 0.3 is 12.0 Å². The lowest BCUT2D eigenvalue weighted by molar-refractivity contribution is -0.139. The number of urea groups is 1. The van der Waals surface area contributed by atoms with E-state index in [2.05, 4.69) is 16.0 Å². The minimum absolute atomic E-state index is 0.0712. The smallest absolute Gasteiger partial charge is 0.321 e. The number of nitrogens with zero attached hydrogens (tertiary/aromatic N) is 4. The molecule has 0 bridgehead atoms. The molecule has 3 saturated heterocycles. The van der Waals surface area contributed by atoms with Crippen molar-refractivity contribution < 1.29 is 60.0 Å². The van der Waals surface area contributed by atoms with E-state index in [-0.39, 0.29) is 62.1 Å².